The summed E-state index contributed by atoms with van der Waals surface area (Å²) in [5, 5.41) is 8.77. The Labute approximate surface area is 86.5 Å². The highest BCUT2D eigenvalue weighted by atomic mass is 19.2. The molecule has 4 heteroatoms. The molecule has 2 nitrogen and oxygen atoms in total. The molecule has 0 amide bonds. The largest absolute Gasteiger partial charge is 0.481 e. The third-order valence-electron chi connectivity index (χ3n) is 2.61. The van der Waals surface area contributed by atoms with Crippen molar-refractivity contribution >= 4 is 5.97 Å². The van der Waals surface area contributed by atoms with Gasteiger partial charge in [0.1, 0.15) is 0 Å². The fourth-order valence-corrected chi connectivity index (χ4v) is 1.30. The van der Waals surface area contributed by atoms with Gasteiger partial charge in [-0.25, -0.2) is 8.78 Å². The van der Waals surface area contributed by atoms with Gasteiger partial charge in [0.25, 0.3) is 0 Å². The van der Waals surface area contributed by atoms with Gasteiger partial charge in [0, 0.05) is 0 Å². The third kappa shape index (κ3) is 2.52. The predicted molar refractivity (Wildman–Crippen MR) is 51.6 cm³/mol. The molecular weight excluding hydrogens is 202 g/mol. The first-order valence-corrected chi connectivity index (χ1v) is 4.61. The van der Waals surface area contributed by atoms with Gasteiger partial charge in [-0.2, -0.15) is 0 Å². The molecule has 0 heterocycles. The van der Waals surface area contributed by atoms with Crippen LogP contribution in [0.1, 0.15) is 25.3 Å². The second-order valence-corrected chi connectivity index (χ2v) is 3.59. The molecule has 0 spiro atoms. The molecule has 0 aromatic heterocycles. The first kappa shape index (κ1) is 11.6. The van der Waals surface area contributed by atoms with E-state index in [0.29, 0.717) is 5.56 Å². The molecule has 0 aliphatic heterocycles. The maximum Gasteiger partial charge on any atom is 0.306 e. The molecule has 0 saturated carbocycles. The highest BCUT2D eigenvalue weighted by molar-refractivity contribution is 5.70. The third-order valence-corrected chi connectivity index (χ3v) is 2.61. The summed E-state index contributed by atoms with van der Waals surface area (Å²) in [5.41, 5.74) is 0.490. The summed E-state index contributed by atoms with van der Waals surface area (Å²) in [7, 11) is 0. The van der Waals surface area contributed by atoms with Crippen LogP contribution in [0.5, 0.6) is 0 Å². The molecule has 1 N–H and O–H groups in total. The van der Waals surface area contributed by atoms with Crippen LogP contribution >= 0.6 is 0 Å². The van der Waals surface area contributed by atoms with Crippen molar-refractivity contribution < 1.29 is 18.7 Å². The van der Waals surface area contributed by atoms with Gasteiger partial charge in [-0.3, -0.25) is 4.79 Å². The molecule has 1 aromatic rings. The number of aliphatic carboxylic acids is 1. The molecule has 0 aliphatic rings. The number of hydrogen-bond donors (Lipinski definition) is 1. The average molecular weight is 214 g/mol. The van der Waals surface area contributed by atoms with Gasteiger partial charge in [0.2, 0.25) is 0 Å². The lowest BCUT2D eigenvalue weighted by Crippen LogP contribution is -2.16. The van der Waals surface area contributed by atoms with E-state index in [0.717, 1.165) is 12.1 Å². The smallest absolute Gasteiger partial charge is 0.306 e. The number of halogens is 2. The molecule has 0 bridgehead atoms. The van der Waals surface area contributed by atoms with Crippen molar-refractivity contribution in [2.45, 2.75) is 19.8 Å². The molecule has 15 heavy (non-hydrogen) atoms. The van der Waals surface area contributed by atoms with Crippen molar-refractivity contribution in [3.63, 3.8) is 0 Å². The Hall–Kier alpha value is -1.45. The minimum Gasteiger partial charge on any atom is -0.481 e. The summed E-state index contributed by atoms with van der Waals surface area (Å²) >= 11 is 0. The van der Waals surface area contributed by atoms with Crippen LogP contribution in [0.4, 0.5) is 8.78 Å². The highest BCUT2D eigenvalue weighted by Crippen LogP contribution is 2.25. The van der Waals surface area contributed by atoms with Crippen molar-refractivity contribution in [3.05, 3.63) is 35.4 Å². The Morgan fingerprint density at radius 2 is 1.87 bits per heavy atom. The highest BCUT2D eigenvalue weighted by Gasteiger charge is 2.21. The van der Waals surface area contributed by atoms with E-state index in [1.165, 1.54) is 13.0 Å². The van der Waals surface area contributed by atoms with E-state index in [4.69, 9.17) is 5.11 Å². The Morgan fingerprint density at radius 3 is 2.33 bits per heavy atom. The van der Waals surface area contributed by atoms with E-state index < -0.39 is 23.5 Å². The van der Waals surface area contributed by atoms with Crippen LogP contribution < -0.4 is 0 Å². The molecule has 1 rings (SSSR count). The second kappa shape index (κ2) is 4.38. The minimum atomic E-state index is -0.952. The number of rotatable bonds is 3. The normalized spacial score (nSPS) is 14.7. The quantitative estimate of drug-likeness (QED) is 0.840. The van der Waals surface area contributed by atoms with E-state index in [1.807, 2.05) is 0 Å². The average Bonchev–Trinajstić information content (AvgIpc) is 2.19. The van der Waals surface area contributed by atoms with Crippen molar-refractivity contribution in [1.29, 1.82) is 0 Å². The van der Waals surface area contributed by atoms with Crippen molar-refractivity contribution in [3.8, 4) is 0 Å². The molecule has 2 unspecified atom stereocenters. The lowest BCUT2D eigenvalue weighted by molar-refractivity contribution is -0.141. The summed E-state index contributed by atoms with van der Waals surface area (Å²) in [4.78, 5) is 10.7. The standard InChI is InChI=1S/C11H12F2O2/c1-6(7(2)11(14)15)8-3-4-9(12)10(13)5-8/h3-7H,1-2H3,(H,14,15). The molecule has 0 aliphatic carbocycles. The summed E-state index contributed by atoms with van der Waals surface area (Å²) < 4.78 is 25.5. The monoisotopic (exact) mass is 214 g/mol. The van der Waals surface area contributed by atoms with E-state index >= 15 is 0 Å². The molecule has 82 valence electrons. The molecule has 0 saturated heterocycles. The van der Waals surface area contributed by atoms with Crippen molar-refractivity contribution in [1.82, 2.24) is 0 Å². The van der Waals surface area contributed by atoms with E-state index in [1.54, 1.807) is 6.92 Å². The zero-order valence-electron chi connectivity index (χ0n) is 8.50. The Morgan fingerprint density at radius 1 is 1.27 bits per heavy atom. The molecule has 1 aromatic carbocycles. The maximum atomic E-state index is 12.9. The lowest BCUT2D eigenvalue weighted by atomic mass is 9.89. The van der Waals surface area contributed by atoms with E-state index in [9.17, 15) is 13.6 Å². The minimum absolute atomic E-state index is 0.349. The van der Waals surface area contributed by atoms with Crippen LogP contribution in [0.25, 0.3) is 0 Å². The number of carbonyl (C=O) groups is 1. The molecular formula is C11H12F2O2. The van der Waals surface area contributed by atoms with E-state index in [2.05, 4.69) is 0 Å². The van der Waals surface area contributed by atoms with Gasteiger partial charge in [-0.05, 0) is 23.6 Å². The summed E-state index contributed by atoms with van der Waals surface area (Å²) in [6, 6.07) is 3.46. The lowest BCUT2D eigenvalue weighted by Gasteiger charge is -2.16. The van der Waals surface area contributed by atoms with Crippen LogP contribution in [0.2, 0.25) is 0 Å². The van der Waals surface area contributed by atoms with Crippen LogP contribution in [0.3, 0.4) is 0 Å². The zero-order chi connectivity index (χ0) is 11.6. The Balaban J connectivity index is 2.96. The zero-order valence-corrected chi connectivity index (χ0v) is 8.50. The van der Waals surface area contributed by atoms with Crippen molar-refractivity contribution in [2.75, 3.05) is 0 Å². The second-order valence-electron chi connectivity index (χ2n) is 3.59. The molecule has 2 atom stereocenters. The van der Waals surface area contributed by atoms with Gasteiger partial charge in [0.05, 0.1) is 5.92 Å². The SMILES string of the molecule is CC(C(=O)O)C(C)c1ccc(F)c(F)c1. The number of hydrogen-bond acceptors (Lipinski definition) is 1. The van der Waals surface area contributed by atoms with E-state index in [-0.39, 0.29) is 5.92 Å². The number of carboxylic acid groups (broad SMARTS) is 1. The van der Waals surface area contributed by atoms with Gasteiger partial charge in [-0.1, -0.05) is 19.9 Å². The van der Waals surface area contributed by atoms with Crippen LogP contribution in [0.15, 0.2) is 18.2 Å². The van der Waals surface area contributed by atoms with Gasteiger partial charge in [0.15, 0.2) is 11.6 Å². The molecule has 0 fully saturated rings. The van der Waals surface area contributed by atoms with Crippen LogP contribution in [0, 0.1) is 17.6 Å². The fraction of sp³-hybridized carbons (Fsp3) is 0.364. The van der Waals surface area contributed by atoms with Gasteiger partial charge >= 0.3 is 5.97 Å². The summed E-state index contributed by atoms with van der Waals surface area (Å²) in [6.07, 6.45) is 0. The van der Waals surface area contributed by atoms with Crippen LogP contribution in [-0.4, -0.2) is 11.1 Å². The Kier molecular flexibility index (Phi) is 3.39. The molecule has 0 radical (unpaired) electrons. The van der Waals surface area contributed by atoms with Crippen LogP contribution in [-0.2, 0) is 4.79 Å². The predicted octanol–water partition coefficient (Wildman–Crippen LogP) is 2.79. The van der Waals surface area contributed by atoms with Crippen molar-refractivity contribution in [2.24, 2.45) is 5.92 Å². The number of carboxylic acids is 1. The summed E-state index contributed by atoms with van der Waals surface area (Å²) in [6.45, 7) is 3.21. The first-order valence-electron chi connectivity index (χ1n) is 4.61. The van der Waals surface area contributed by atoms with Gasteiger partial charge in [-0.15, -0.1) is 0 Å². The fourth-order valence-electron chi connectivity index (χ4n) is 1.30. The topological polar surface area (TPSA) is 37.3 Å². The number of benzene rings is 1. The Bertz CT molecular complexity index is 377. The maximum absolute atomic E-state index is 12.9. The first-order chi connectivity index (χ1) is 6.93. The van der Waals surface area contributed by atoms with Gasteiger partial charge < -0.3 is 5.11 Å². The summed E-state index contributed by atoms with van der Waals surface area (Å²) in [5.74, 6) is -3.80.